The van der Waals surface area contributed by atoms with Gasteiger partial charge in [0.2, 0.25) is 0 Å². The van der Waals surface area contributed by atoms with Crippen LogP contribution in [0.2, 0.25) is 5.02 Å². The maximum atomic E-state index is 11.1. The van der Waals surface area contributed by atoms with Crippen LogP contribution in [0.5, 0.6) is 5.75 Å². The SMILES string of the molecule is C=CCCOc1ccc(C(C)=O)cc1Cl. The molecule has 1 aromatic carbocycles. The van der Waals surface area contributed by atoms with Gasteiger partial charge in [0, 0.05) is 5.56 Å². The van der Waals surface area contributed by atoms with Gasteiger partial charge in [0.05, 0.1) is 11.6 Å². The summed E-state index contributed by atoms with van der Waals surface area (Å²) >= 11 is 5.95. The first-order chi connectivity index (χ1) is 7.15. The lowest BCUT2D eigenvalue weighted by atomic mass is 10.1. The van der Waals surface area contributed by atoms with Crippen molar-refractivity contribution in [3.05, 3.63) is 41.4 Å². The maximum absolute atomic E-state index is 11.1. The highest BCUT2D eigenvalue weighted by Gasteiger charge is 2.05. The van der Waals surface area contributed by atoms with E-state index in [1.165, 1.54) is 6.92 Å². The van der Waals surface area contributed by atoms with Crippen LogP contribution in [0.1, 0.15) is 23.7 Å². The largest absolute Gasteiger partial charge is 0.492 e. The Hall–Kier alpha value is -1.28. The van der Waals surface area contributed by atoms with E-state index in [1.54, 1.807) is 24.3 Å². The fraction of sp³-hybridized carbons (Fsp3) is 0.250. The molecule has 0 bridgehead atoms. The Balaban J connectivity index is 2.74. The van der Waals surface area contributed by atoms with E-state index in [0.29, 0.717) is 22.9 Å². The van der Waals surface area contributed by atoms with Crippen molar-refractivity contribution in [3.63, 3.8) is 0 Å². The summed E-state index contributed by atoms with van der Waals surface area (Å²) in [6.45, 7) is 5.64. The lowest BCUT2D eigenvalue weighted by Crippen LogP contribution is -1.98. The molecule has 0 aliphatic carbocycles. The number of ketones is 1. The molecule has 0 spiro atoms. The van der Waals surface area contributed by atoms with Gasteiger partial charge in [0.15, 0.2) is 5.78 Å². The smallest absolute Gasteiger partial charge is 0.159 e. The van der Waals surface area contributed by atoms with Crippen LogP contribution in [0.4, 0.5) is 0 Å². The maximum Gasteiger partial charge on any atom is 0.159 e. The second-order valence-corrected chi connectivity index (χ2v) is 3.53. The van der Waals surface area contributed by atoms with Crippen molar-refractivity contribution < 1.29 is 9.53 Å². The summed E-state index contributed by atoms with van der Waals surface area (Å²) in [6, 6.07) is 5.03. The van der Waals surface area contributed by atoms with Gasteiger partial charge in [-0.2, -0.15) is 0 Å². The molecule has 15 heavy (non-hydrogen) atoms. The Morgan fingerprint density at radius 1 is 1.60 bits per heavy atom. The molecule has 1 aromatic rings. The zero-order chi connectivity index (χ0) is 11.3. The Morgan fingerprint density at radius 2 is 2.33 bits per heavy atom. The third-order valence-corrected chi connectivity index (χ3v) is 2.21. The predicted octanol–water partition coefficient (Wildman–Crippen LogP) is 3.50. The van der Waals surface area contributed by atoms with Crippen LogP contribution in [-0.4, -0.2) is 12.4 Å². The van der Waals surface area contributed by atoms with Crippen molar-refractivity contribution >= 4 is 17.4 Å². The average Bonchev–Trinajstić information content (AvgIpc) is 2.20. The lowest BCUT2D eigenvalue weighted by Gasteiger charge is -2.07. The molecule has 0 aliphatic heterocycles. The summed E-state index contributed by atoms with van der Waals surface area (Å²) < 4.78 is 5.40. The first-order valence-corrected chi connectivity index (χ1v) is 5.07. The minimum absolute atomic E-state index is 0.00505. The van der Waals surface area contributed by atoms with E-state index in [0.717, 1.165) is 6.42 Å². The molecule has 80 valence electrons. The second kappa shape index (κ2) is 5.56. The van der Waals surface area contributed by atoms with Crippen molar-refractivity contribution in [2.75, 3.05) is 6.61 Å². The molecule has 0 fully saturated rings. The molecule has 0 N–H and O–H groups in total. The summed E-state index contributed by atoms with van der Waals surface area (Å²) in [6.07, 6.45) is 2.54. The van der Waals surface area contributed by atoms with Crippen LogP contribution in [0.25, 0.3) is 0 Å². The molecule has 0 unspecified atom stereocenters. The second-order valence-electron chi connectivity index (χ2n) is 3.13. The Labute approximate surface area is 94.5 Å². The molecule has 1 rings (SSSR count). The molecular weight excluding hydrogens is 212 g/mol. The predicted molar refractivity (Wildman–Crippen MR) is 61.8 cm³/mol. The van der Waals surface area contributed by atoms with Crippen molar-refractivity contribution in [2.24, 2.45) is 0 Å². The van der Waals surface area contributed by atoms with Gasteiger partial charge in [-0.3, -0.25) is 4.79 Å². The van der Waals surface area contributed by atoms with Gasteiger partial charge >= 0.3 is 0 Å². The molecule has 0 atom stereocenters. The topological polar surface area (TPSA) is 26.3 Å². The highest BCUT2D eigenvalue weighted by atomic mass is 35.5. The Morgan fingerprint density at radius 3 is 2.87 bits per heavy atom. The van der Waals surface area contributed by atoms with Crippen LogP contribution in [0, 0.1) is 0 Å². The Kier molecular flexibility index (Phi) is 4.37. The summed E-state index contributed by atoms with van der Waals surface area (Å²) in [5.41, 5.74) is 0.594. The fourth-order valence-electron chi connectivity index (χ4n) is 1.09. The first kappa shape index (κ1) is 11.8. The van der Waals surface area contributed by atoms with E-state index >= 15 is 0 Å². The standard InChI is InChI=1S/C12H13ClO2/c1-3-4-7-15-12-6-5-10(9(2)14)8-11(12)13/h3,5-6,8H,1,4,7H2,2H3. The number of carbonyl (C=O) groups excluding carboxylic acids is 1. The molecule has 0 aromatic heterocycles. The van der Waals surface area contributed by atoms with E-state index in [-0.39, 0.29) is 5.78 Å². The minimum atomic E-state index is -0.00505. The summed E-state index contributed by atoms with van der Waals surface area (Å²) in [5.74, 6) is 0.595. The summed E-state index contributed by atoms with van der Waals surface area (Å²) in [4.78, 5) is 11.1. The van der Waals surface area contributed by atoms with Crippen LogP contribution < -0.4 is 4.74 Å². The third kappa shape index (κ3) is 3.40. The lowest BCUT2D eigenvalue weighted by molar-refractivity contribution is 0.101. The molecule has 3 heteroatoms. The van der Waals surface area contributed by atoms with E-state index in [1.807, 2.05) is 0 Å². The van der Waals surface area contributed by atoms with E-state index in [9.17, 15) is 4.79 Å². The number of rotatable bonds is 5. The number of ether oxygens (including phenoxy) is 1. The van der Waals surface area contributed by atoms with Gasteiger partial charge in [-0.05, 0) is 31.5 Å². The number of hydrogen-bond acceptors (Lipinski definition) is 2. The minimum Gasteiger partial charge on any atom is -0.492 e. The number of benzene rings is 1. The fourth-order valence-corrected chi connectivity index (χ4v) is 1.32. The molecule has 0 heterocycles. The number of carbonyl (C=O) groups is 1. The number of hydrogen-bond donors (Lipinski definition) is 0. The molecule has 0 aliphatic rings. The monoisotopic (exact) mass is 224 g/mol. The van der Waals surface area contributed by atoms with Crippen molar-refractivity contribution in [2.45, 2.75) is 13.3 Å². The van der Waals surface area contributed by atoms with Crippen LogP contribution >= 0.6 is 11.6 Å². The third-order valence-electron chi connectivity index (χ3n) is 1.92. The van der Waals surface area contributed by atoms with E-state index in [4.69, 9.17) is 16.3 Å². The molecule has 0 radical (unpaired) electrons. The van der Waals surface area contributed by atoms with Crippen molar-refractivity contribution in [1.82, 2.24) is 0 Å². The molecule has 0 saturated carbocycles. The normalized spacial score (nSPS) is 9.73. The van der Waals surface area contributed by atoms with Gasteiger partial charge in [-0.15, -0.1) is 6.58 Å². The number of halogens is 1. The number of Topliss-reactive ketones (excluding diaryl/α,β-unsaturated/α-hetero) is 1. The van der Waals surface area contributed by atoms with Gasteiger partial charge < -0.3 is 4.74 Å². The molecule has 0 saturated heterocycles. The molecule has 2 nitrogen and oxygen atoms in total. The van der Waals surface area contributed by atoms with Crippen molar-refractivity contribution in [3.8, 4) is 5.75 Å². The van der Waals surface area contributed by atoms with Gasteiger partial charge in [0.25, 0.3) is 0 Å². The van der Waals surface area contributed by atoms with Crippen LogP contribution in [0.3, 0.4) is 0 Å². The summed E-state index contributed by atoms with van der Waals surface area (Å²) in [7, 11) is 0. The first-order valence-electron chi connectivity index (χ1n) is 4.69. The van der Waals surface area contributed by atoms with Gasteiger partial charge in [-0.1, -0.05) is 17.7 Å². The van der Waals surface area contributed by atoms with Gasteiger partial charge in [0.1, 0.15) is 5.75 Å². The zero-order valence-electron chi connectivity index (χ0n) is 8.63. The zero-order valence-corrected chi connectivity index (χ0v) is 9.38. The highest BCUT2D eigenvalue weighted by molar-refractivity contribution is 6.32. The van der Waals surface area contributed by atoms with Crippen LogP contribution in [0.15, 0.2) is 30.9 Å². The average molecular weight is 225 g/mol. The summed E-state index contributed by atoms with van der Waals surface area (Å²) in [5, 5.41) is 0.465. The van der Waals surface area contributed by atoms with Crippen LogP contribution in [-0.2, 0) is 0 Å². The van der Waals surface area contributed by atoms with Gasteiger partial charge in [-0.25, -0.2) is 0 Å². The van der Waals surface area contributed by atoms with Crippen molar-refractivity contribution in [1.29, 1.82) is 0 Å². The van der Waals surface area contributed by atoms with E-state index in [2.05, 4.69) is 6.58 Å². The molecule has 0 amide bonds. The van der Waals surface area contributed by atoms with E-state index < -0.39 is 0 Å². The molecular formula is C12H13ClO2. The highest BCUT2D eigenvalue weighted by Crippen LogP contribution is 2.25. The quantitative estimate of drug-likeness (QED) is 0.435. The Bertz CT molecular complexity index is 372.